The molecule has 2 aliphatic rings. The summed E-state index contributed by atoms with van der Waals surface area (Å²) in [6.07, 6.45) is -2.12. The summed E-state index contributed by atoms with van der Waals surface area (Å²) < 4.78 is 56.2. The molecule has 5 atom stereocenters. The molecule has 206 valence electrons. The molecule has 0 radical (unpaired) electrons. The molecule has 0 amide bonds. The van der Waals surface area contributed by atoms with Crippen molar-refractivity contribution >= 4 is 21.9 Å². The monoisotopic (exact) mass is 546 g/mol. The Morgan fingerprint density at radius 3 is 2.11 bits per heavy atom. The zero-order valence-corrected chi connectivity index (χ0v) is 24.4. The Morgan fingerprint density at radius 1 is 1.03 bits per heavy atom. The Bertz CT molecular complexity index is 976. The number of fused-ring (bicyclic) bond motifs is 1. The molecule has 0 aliphatic carbocycles. The van der Waals surface area contributed by atoms with E-state index in [1.54, 1.807) is 13.8 Å². The van der Waals surface area contributed by atoms with Gasteiger partial charge in [-0.3, -0.25) is 4.18 Å². The van der Waals surface area contributed by atoms with Crippen LogP contribution >= 0.6 is 11.8 Å². The van der Waals surface area contributed by atoms with E-state index in [-0.39, 0.29) is 22.6 Å². The van der Waals surface area contributed by atoms with Gasteiger partial charge in [-0.05, 0) is 54.5 Å². The molecule has 0 spiro atoms. The Labute approximate surface area is 220 Å². The first-order valence-electron chi connectivity index (χ1n) is 12.5. The number of benzene rings is 1. The van der Waals surface area contributed by atoms with Crippen LogP contribution in [0.3, 0.4) is 0 Å². The lowest BCUT2D eigenvalue weighted by molar-refractivity contribution is -0.229. The summed E-state index contributed by atoms with van der Waals surface area (Å²) in [6.45, 7) is 15.1. The maximum Gasteiger partial charge on any atom is 0.297 e. The highest BCUT2D eigenvalue weighted by Crippen LogP contribution is 2.40. The highest BCUT2D eigenvalue weighted by atomic mass is 32.2. The zero-order valence-electron chi connectivity index (χ0n) is 22.8. The van der Waals surface area contributed by atoms with Crippen molar-refractivity contribution in [3.63, 3.8) is 0 Å². The first kappa shape index (κ1) is 29.8. The molecule has 0 bridgehead atoms. The fourth-order valence-corrected chi connectivity index (χ4v) is 6.54. The SMILES string of the molecule is CSCO[C@@H]1[C@H]2OC(C)(C)O[C@H]2O[C@@H]1[C@H](O)COS(=O)(=O)c1c(C(C)C)cc(C(C)C)cc1C(C)C. The normalized spacial score (nSPS) is 26.8. The number of rotatable bonds is 11. The van der Waals surface area contributed by atoms with Gasteiger partial charge in [0.15, 0.2) is 12.1 Å². The molecule has 2 heterocycles. The van der Waals surface area contributed by atoms with E-state index in [9.17, 15) is 13.5 Å². The molecule has 1 aromatic carbocycles. The van der Waals surface area contributed by atoms with Crippen molar-refractivity contribution in [2.45, 2.75) is 115 Å². The van der Waals surface area contributed by atoms with E-state index in [1.807, 2.05) is 46.1 Å². The third kappa shape index (κ3) is 6.46. The Hall–Kier alpha value is -0.720. The summed E-state index contributed by atoms with van der Waals surface area (Å²) in [6, 6.07) is 3.91. The van der Waals surface area contributed by atoms with Gasteiger partial charge in [-0.2, -0.15) is 8.42 Å². The van der Waals surface area contributed by atoms with E-state index >= 15 is 0 Å². The lowest BCUT2D eigenvalue weighted by Gasteiger charge is -2.28. The predicted molar refractivity (Wildman–Crippen MR) is 140 cm³/mol. The quantitative estimate of drug-likeness (QED) is 0.312. The molecule has 2 aliphatic heterocycles. The van der Waals surface area contributed by atoms with E-state index in [0.29, 0.717) is 5.94 Å². The minimum absolute atomic E-state index is 0.0287. The standard InChI is InChI=1S/C26H42O8S2/c1-14(2)17-10-18(15(3)4)24(19(11-17)16(5)6)36(28,29)31-12-20(27)21-22(30-13-35-9)23-25(32-21)34-26(7,8)33-23/h10-11,14-16,20-23,25,27H,12-13H2,1-9H3/t20-,21-,22+,23-,25-/m1/s1. The van der Waals surface area contributed by atoms with Crippen LogP contribution in [0.15, 0.2) is 17.0 Å². The van der Waals surface area contributed by atoms with E-state index in [0.717, 1.165) is 16.7 Å². The smallest absolute Gasteiger partial charge is 0.297 e. The fraction of sp³-hybridized carbons (Fsp3) is 0.769. The van der Waals surface area contributed by atoms with Crippen molar-refractivity contribution in [3.05, 3.63) is 28.8 Å². The molecule has 10 heteroatoms. The number of aliphatic hydroxyl groups is 1. The summed E-state index contributed by atoms with van der Waals surface area (Å²) in [5, 5.41) is 11.0. The molecule has 1 N–H and O–H groups in total. The van der Waals surface area contributed by atoms with Crippen molar-refractivity contribution in [1.82, 2.24) is 0 Å². The summed E-state index contributed by atoms with van der Waals surface area (Å²) >= 11 is 1.48. The minimum Gasteiger partial charge on any atom is -0.388 e. The van der Waals surface area contributed by atoms with Crippen LogP contribution in [0.2, 0.25) is 0 Å². The number of aliphatic hydroxyl groups excluding tert-OH is 1. The Kier molecular flexibility index (Phi) is 9.59. The van der Waals surface area contributed by atoms with Crippen molar-refractivity contribution in [2.24, 2.45) is 0 Å². The molecular weight excluding hydrogens is 504 g/mol. The summed E-state index contributed by atoms with van der Waals surface area (Å²) in [4.78, 5) is 0.192. The van der Waals surface area contributed by atoms with Crippen LogP contribution in [0.5, 0.6) is 0 Å². The lowest BCUT2D eigenvalue weighted by atomic mass is 9.89. The maximum atomic E-state index is 13.6. The van der Waals surface area contributed by atoms with Gasteiger partial charge < -0.3 is 24.1 Å². The molecule has 0 unspecified atom stereocenters. The van der Waals surface area contributed by atoms with Crippen molar-refractivity contribution in [2.75, 3.05) is 18.8 Å². The Balaban J connectivity index is 1.84. The largest absolute Gasteiger partial charge is 0.388 e. The third-order valence-electron chi connectivity index (χ3n) is 6.51. The second-order valence-corrected chi connectivity index (χ2v) is 13.3. The van der Waals surface area contributed by atoms with E-state index in [1.165, 1.54) is 11.8 Å². The molecule has 8 nitrogen and oxygen atoms in total. The fourth-order valence-electron chi connectivity index (χ4n) is 4.64. The zero-order chi connectivity index (χ0) is 27.0. The van der Waals surface area contributed by atoms with Gasteiger partial charge in [0.2, 0.25) is 0 Å². The number of ether oxygens (including phenoxy) is 4. The molecule has 0 aromatic heterocycles. The van der Waals surface area contributed by atoms with Gasteiger partial charge in [-0.25, -0.2) is 0 Å². The summed E-state index contributed by atoms with van der Waals surface area (Å²) in [5.74, 6) is -0.278. The van der Waals surface area contributed by atoms with Crippen LogP contribution in [0, 0.1) is 0 Å². The van der Waals surface area contributed by atoms with E-state index < -0.39 is 53.2 Å². The number of thioether (sulfide) groups is 1. The van der Waals surface area contributed by atoms with Crippen molar-refractivity contribution in [3.8, 4) is 0 Å². The first-order valence-corrected chi connectivity index (χ1v) is 15.4. The molecule has 2 saturated heterocycles. The van der Waals surface area contributed by atoms with Crippen molar-refractivity contribution < 1.29 is 36.7 Å². The highest BCUT2D eigenvalue weighted by Gasteiger charge is 2.57. The molecule has 36 heavy (non-hydrogen) atoms. The first-order chi connectivity index (χ1) is 16.7. The van der Waals surface area contributed by atoms with Crippen LogP contribution in [-0.2, 0) is 33.2 Å². The second kappa shape index (κ2) is 11.6. The van der Waals surface area contributed by atoms with Gasteiger partial charge in [0.25, 0.3) is 10.1 Å². The van der Waals surface area contributed by atoms with Gasteiger partial charge in [0, 0.05) is 0 Å². The second-order valence-electron chi connectivity index (χ2n) is 10.9. The maximum absolute atomic E-state index is 13.6. The minimum atomic E-state index is -4.17. The van der Waals surface area contributed by atoms with Gasteiger partial charge in [-0.1, -0.05) is 53.7 Å². The van der Waals surface area contributed by atoms with E-state index in [4.69, 9.17) is 23.1 Å². The van der Waals surface area contributed by atoms with Crippen LogP contribution in [0.25, 0.3) is 0 Å². The lowest BCUT2D eigenvalue weighted by Crippen LogP contribution is -2.44. The molecule has 3 rings (SSSR count). The summed E-state index contributed by atoms with van der Waals surface area (Å²) in [5.41, 5.74) is 2.52. The molecule has 1 aromatic rings. The van der Waals surface area contributed by atoms with Crippen LogP contribution in [0.4, 0.5) is 0 Å². The Morgan fingerprint density at radius 2 is 1.61 bits per heavy atom. The van der Waals surface area contributed by atoms with E-state index in [2.05, 4.69) is 13.8 Å². The number of hydrogen-bond donors (Lipinski definition) is 1. The van der Waals surface area contributed by atoms with Gasteiger partial charge in [-0.15, -0.1) is 11.8 Å². The van der Waals surface area contributed by atoms with Gasteiger partial charge in [0.1, 0.15) is 29.3 Å². The highest BCUT2D eigenvalue weighted by molar-refractivity contribution is 7.98. The van der Waals surface area contributed by atoms with Crippen molar-refractivity contribution in [1.29, 1.82) is 0 Å². The van der Waals surface area contributed by atoms with Gasteiger partial charge >= 0.3 is 0 Å². The topological polar surface area (TPSA) is 101 Å². The average Bonchev–Trinajstić information content (AvgIpc) is 3.26. The van der Waals surface area contributed by atoms with Crippen LogP contribution in [-0.4, -0.2) is 68.8 Å². The predicted octanol–water partition coefficient (Wildman–Crippen LogP) is 4.71. The number of hydrogen-bond acceptors (Lipinski definition) is 9. The third-order valence-corrected chi connectivity index (χ3v) is 8.30. The average molecular weight is 547 g/mol. The molecular formula is C26H42O8S2. The van der Waals surface area contributed by atoms with Gasteiger partial charge in [0.05, 0.1) is 12.5 Å². The van der Waals surface area contributed by atoms with Crippen LogP contribution < -0.4 is 0 Å². The molecule has 0 saturated carbocycles. The molecule has 2 fully saturated rings. The van der Waals surface area contributed by atoms with Crippen LogP contribution in [0.1, 0.15) is 89.8 Å². The summed E-state index contributed by atoms with van der Waals surface area (Å²) in [7, 11) is -4.17.